The van der Waals surface area contributed by atoms with E-state index in [9.17, 15) is 14.7 Å². The number of β-amino-alcohol motifs (C(OH)–C–C–N with tert-alkyl or cyclic N) is 1. The van der Waals surface area contributed by atoms with E-state index in [0.29, 0.717) is 30.1 Å². The van der Waals surface area contributed by atoms with E-state index in [-0.39, 0.29) is 18.4 Å². The van der Waals surface area contributed by atoms with E-state index >= 15 is 0 Å². The first-order valence-corrected chi connectivity index (χ1v) is 14.0. The molecule has 0 aliphatic carbocycles. The average molecular weight is 526 g/mol. The minimum absolute atomic E-state index is 0.0158. The standard InChI is InChI=1S/C31H31N3O3S/c35-27(20-33-13-11-22-6-2-4-8-25(22)18-33)17-32-30(36)29-16-26-19-34(14-12-28(26)38-29)31(37)24-10-9-21-5-1-3-7-23(21)15-24/h1-10,15-16,27,35H,11-14,17-20H2,(H,32,36). The monoisotopic (exact) mass is 525 g/mol. The van der Waals surface area contributed by atoms with Crippen LogP contribution in [0.25, 0.3) is 10.8 Å². The van der Waals surface area contributed by atoms with Crippen molar-refractivity contribution in [2.75, 3.05) is 26.2 Å². The largest absolute Gasteiger partial charge is 0.390 e. The van der Waals surface area contributed by atoms with Crippen LogP contribution in [0.15, 0.2) is 72.8 Å². The van der Waals surface area contributed by atoms with Gasteiger partial charge in [0.05, 0.1) is 11.0 Å². The first-order chi connectivity index (χ1) is 18.5. The van der Waals surface area contributed by atoms with Crippen LogP contribution in [0.5, 0.6) is 0 Å². The number of carbonyl (C=O) groups excluding carboxylic acids is 2. The van der Waals surface area contributed by atoms with Crippen molar-refractivity contribution in [1.29, 1.82) is 0 Å². The van der Waals surface area contributed by atoms with Crippen molar-refractivity contribution in [3.05, 3.63) is 105 Å². The summed E-state index contributed by atoms with van der Waals surface area (Å²) in [6.07, 6.45) is 1.09. The zero-order valence-electron chi connectivity index (χ0n) is 21.2. The van der Waals surface area contributed by atoms with Crippen LogP contribution >= 0.6 is 11.3 Å². The van der Waals surface area contributed by atoms with E-state index in [0.717, 1.165) is 47.1 Å². The molecule has 1 unspecified atom stereocenters. The normalized spacial score (nSPS) is 16.1. The zero-order chi connectivity index (χ0) is 26.1. The number of thiophene rings is 1. The zero-order valence-corrected chi connectivity index (χ0v) is 22.0. The molecule has 2 amide bonds. The van der Waals surface area contributed by atoms with Gasteiger partial charge in [-0.1, -0.05) is 54.6 Å². The van der Waals surface area contributed by atoms with Crippen molar-refractivity contribution in [3.8, 4) is 0 Å². The highest BCUT2D eigenvalue weighted by Gasteiger charge is 2.26. The summed E-state index contributed by atoms with van der Waals surface area (Å²) >= 11 is 1.49. The van der Waals surface area contributed by atoms with Crippen LogP contribution in [0, 0.1) is 0 Å². The topological polar surface area (TPSA) is 72.9 Å². The van der Waals surface area contributed by atoms with Gasteiger partial charge in [-0.2, -0.15) is 0 Å². The summed E-state index contributed by atoms with van der Waals surface area (Å²) in [7, 11) is 0. The van der Waals surface area contributed by atoms with Gasteiger partial charge in [-0.3, -0.25) is 14.5 Å². The van der Waals surface area contributed by atoms with E-state index < -0.39 is 6.10 Å². The summed E-state index contributed by atoms with van der Waals surface area (Å²) in [5, 5.41) is 15.7. The fourth-order valence-corrected chi connectivity index (χ4v) is 6.57. The number of carbonyl (C=O) groups is 2. The number of amides is 2. The lowest BCUT2D eigenvalue weighted by atomic mass is 10.00. The molecule has 38 heavy (non-hydrogen) atoms. The van der Waals surface area contributed by atoms with E-state index in [1.54, 1.807) is 0 Å². The van der Waals surface area contributed by atoms with Gasteiger partial charge in [0.2, 0.25) is 0 Å². The van der Waals surface area contributed by atoms with Crippen molar-refractivity contribution in [2.45, 2.75) is 32.0 Å². The van der Waals surface area contributed by atoms with E-state index in [2.05, 4.69) is 34.5 Å². The van der Waals surface area contributed by atoms with Crippen LogP contribution in [-0.4, -0.2) is 59.0 Å². The predicted octanol–water partition coefficient (Wildman–Crippen LogP) is 4.25. The Bertz CT molecular complexity index is 1500. The molecule has 6 rings (SSSR count). The first kappa shape index (κ1) is 24.8. The third-order valence-corrected chi connectivity index (χ3v) is 8.79. The Balaban J connectivity index is 1.03. The summed E-state index contributed by atoms with van der Waals surface area (Å²) in [5.41, 5.74) is 4.41. The molecule has 2 aliphatic heterocycles. The molecule has 0 saturated heterocycles. The summed E-state index contributed by atoms with van der Waals surface area (Å²) in [6.45, 7) is 3.62. The molecule has 0 bridgehead atoms. The lowest BCUT2D eigenvalue weighted by Crippen LogP contribution is -2.41. The Morgan fingerprint density at radius 2 is 1.66 bits per heavy atom. The average Bonchev–Trinajstić information content (AvgIpc) is 3.39. The molecule has 0 saturated carbocycles. The van der Waals surface area contributed by atoms with Gasteiger partial charge < -0.3 is 15.3 Å². The van der Waals surface area contributed by atoms with Gasteiger partial charge in [-0.25, -0.2) is 0 Å². The summed E-state index contributed by atoms with van der Waals surface area (Å²) in [6, 6.07) is 24.2. The Morgan fingerprint density at radius 3 is 2.53 bits per heavy atom. The highest BCUT2D eigenvalue weighted by molar-refractivity contribution is 7.14. The number of hydrogen-bond acceptors (Lipinski definition) is 5. The Kier molecular flexibility index (Phi) is 6.98. The van der Waals surface area contributed by atoms with Crippen molar-refractivity contribution in [2.24, 2.45) is 0 Å². The quantitative estimate of drug-likeness (QED) is 0.395. The van der Waals surface area contributed by atoms with Crippen molar-refractivity contribution in [3.63, 3.8) is 0 Å². The Morgan fingerprint density at radius 1 is 0.868 bits per heavy atom. The highest BCUT2D eigenvalue weighted by Crippen LogP contribution is 2.29. The molecule has 1 aromatic heterocycles. The van der Waals surface area contributed by atoms with Crippen LogP contribution in [0.2, 0.25) is 0 Å². The molecule has 1 atom stereocenters. The van der Waals surface area contributed by atoms with Gasteiger partial charge in [0.25, 0.3) is 11.8 Å². The number of nitrogens with one attached hydrogen (secondary N) is 1. The van der Waals surface area contributed by atoms with Gasteiger partial charge >= 0.3 is 0 Å². The van der Waals surface area contributed by atoms with Gasteiger partial charge in [-0.05, 0) is 58.5 Å². The first-order valence-electron chi connectivity index (χ1n) is 13.2. The third-order valence-electron chi connectivity index (χ3n) is 7.55. The maximum absolute atomic E-state index is 13.2. The van der Waals surface area contributed by atoms with Crippen molar-refractivity contribution in [1.82, 2.24) is 15.1 Å². The Labute approximate surface area is 226 Å². The fraction of sp³-hybridized carbons (Fsp3) is 0.290. The molecule has 194 valence electrons. The SMILES string of the molecule is O=C(NCC(O)CN1CCc2ccccc2C1)c1cc2c(s1)CCN(C(=O)c1ccc3ccccc3c1)C2. The lowest BCUT2D eigenvalue weighted by Gasteiger charge is -2.30. The molecule has 0 radical (unpaired) electrons. The number of benzene rings is 3. The highest BCUT2D eigenvalue weighted by atomic mass is 32.1. The molecule has 2 N–H and O–H groups in total. The van der Waals surface area contributed by atoms with Crippen LogP contribution in [0.3, 0.4) is 0 Å². The van der Waals surface area contributed by atoms with Gasteiger partial charge in [-0.15, -0.1) is 11.3 Å². The van der Waals surface area contributed by atoms with E-state index in [1.807, 2.05) is 53.4 Å². The van der Waals surface area contributed by atoms with E-state index in [1.165, 1.54) is 22.5 Å². The van der Waals surface area contributed by atoms with E-state index in [4.69, 9.17) is 0 Å². The second-order valence-electron chi connectivity index (χ2n) is 10.2. The number of aliphatic hydroxyl groups is 1. The maximum atomic E-state index is 13.2. The van der Waals surface area contributed by atoms with Crippen molar-refractivity contribution < 1.29 is 14.7 Å². The lowest BCUT2D eigenvalue weighted by molar-refractivity contribution is 0.0736. The van der Waals surface area contributed by atoms with Gasteiger partial charge in [0.15, 0.2) is 0 Å². The maximum Gasteiger partial charge on any atom is 0.261 e. The summed E-state index contributed by atoms with van der Waals surface area (Å²) < 4.78 is 0. The minimum Gasteiger partial charge on any atom is -0.390 e. The van der Waals surface area contributed by atoms with Gasteiger partial charge in [0.1, 0.15) is 0 Å². The minimum atomic E-state index is -0.631. The molecule has 7 heteroatoms. The molecule has 4 aromatic rings. The van der Waals surface area contributed by atoms with Crippen LogP contribution in [0.4, 0.5) is 0 Å². The summed E-state index contributed by atoms with van der Waals surface area (Å²) in [4.78, 5) is 32.0. The second-order valence-corrected chi connectivity index (χ2v) is 11.4. The fourth-order valence-electron chi connectivity index (χ4n) is 5.49. The molecule has 3 heterocycles. The molecular formula is C31H31N3O3S. The van der Waals surface area contributed by atoms with Crippen LogP contribution in [-0.2, 0) is 25.9 Å². The number of aliphatic hydroxyl groups excluding tert-OH is 1. The number of nitrogens with zero attached hydrogens (tertiary/aromatic N) is 2. The second kappa shape index (κ2) is 10.7. The molecule has 0 fully saturated rings. The van der Waals surface area contributed by atoms with Crippen LogP contribution in [0.1, 0.15) is 41.6 Å². The molecule has 0 spiro atoms. The van der Waals surface area contributed by atoms with Gasteiger partial charge in [0, 0.05) is 49.7 Å². The Hall–Kier alpha value is -3.52. The molecular weight excluding hydrogens is 494 g/mol. The summed E-state index contributed by atoms with van der Waals surface area (Å²) in [5.74, 6) is -0.151. The predicted molar refractivity (Wildman–Crippen MR) is 150 cm³/mol. The number of hydrogen-bond donors (Lipinski definition) is 2. The van der Waals surface area contributed by atoms with Crippen LogP contribution < -0.4 is 5.32 Å². The number of rotatable bonds is 6. The molecule has 2 aliphatic rings. The smallest absolute Gasteiger partial charge is 0.261 e. The number of fused-ring (bicyclic) bond motifs is 3. The molecule has 6 nitrogen and oxygen atoms in total. The molecule has 3 aromatic carbocycles. The third kappa shape index (κ3) is 5.23. The van der Waals surface area contributed by atoms with Crippen molar-refractivity contribution >= 4 is 33.9 Å².